The van der Waals surface area contributed by atoms with E-state index in [-0.39, 0.29) is 0 Å². The topological polar surface area (TPSA) is 68.2 Å². The van der Waals surface area contributed by atoms with Crippen molar-refractivity contribution in [2.24, 2.45) is 5.73 Å². The molecule has 2 heterocycles. The molecule has 0 bridgehead atoms. The van der Waals surface area contributed by atoms with Crippen molar-refractivity contribution < 1.29 is 4.52 Å². The highest BCUT2D eigenvalue weighted by atomic mass is 16.5. The lowest BCUT2D eigenvalue weighted by molar-refractivity contribution is 0.257. The van der Waals surface area contributed by atoms with Crippen LogP contribution in [-0.2, 0) is 5.54 Å². The minimum Gasteiger partial charge on any atom is -0.338 e. The largest absolute Gasteiger partial charge is 0.338 e. The standard InChI is InChI=1S/C15H26N4O/c16-15(9-5-1-2-6-10-15)13-17-14(18-20-13)19-11-7-3-4-8-12-19/h1-12,16H2. The van der Waals surface area contributed by atoms with Gasteiger partial charge in [0.2, 0.25) is 5.89 Å². The summed E-state index contributed by atoms with van der Waals surface area (Å²) >= 11 is 0. The van der Waals surface area contributed by atoms with Crippen molar-refractivity contribution in [1.82, 2.24) is 10.1 Å². The monoisotopic (exact) mass is 278 g/mol. The Kier molecular flexibility index (Phi) is 4.24. The third-order valence-electron chi connectivity index (χ3n) is 4.73. The molecular weight excluding hydrogens is 252 g/mol. The molecule has 1 aromatic rings. The number of aromatic nitrogens is 2. The van der Waals surface area contributed by atoms with E-state index < -0.39 is 5.54 Å². The van der Waals surface area contributed by atoms with Crippen LogP contribution in [-0.4, -0.2) is 23.2 Å². The molecule has 5 nitrogen and oxygen atoms in total. The summed E-state index contributed by atoms with van der Waals surface area (Å²) in [7, 11) is 0. The normalized spacial score (nSPS) is 24.1. The van der Waals surface area contributed by atoms with E-state index in [4.69, 9.17) is 10.3 Å². The van der Waals surface area contributed by atoms with Gasteiger partial charge in [-0.15, -0.1) is 0 Å². The van der Waals surface area contributed by atoms with Gasteiger partial charge in [-0.1, -0.05) is 38.5 Å². The molecule has 0 atom stereocenters. The maximum absolute atomic E-state index is 6.54. The van der Waals surface area contributed by atoms with E-state index in [0.717, 1.165) is 44.7 Å². The second-order valence-electron chi connectivity index (χ2n) is 6.37. The van der Waals surface area contributed by atoms with Crippen molar-refractivity contribution in [2.45, 2.75) is 69.7 Å². The van der Waals surface area contributed by atoms with Crippen LogP contribution >= 0.6 is 0 Å². The molecule has 112 valence electrons. The second-order valence-corrected chi connectivity index (χ2v) is 6.37. The highest BCUT2D eigenvalue weighted by Gasteiger charge is 2.34. The third-order valence-corrected chi connectivity index (χ3v) is 4.73. The molecule has 1 aromatic heterocycles. The Bertz CT molecular complexity index is 415. The molecule has 0 unspecified atom stereocenters. The summed E-state index contributed by atoms with van der Waals surface area (Å²) in [5, 5.41) is 4.19. The third kappa shape index (κ3) is 2.97. The fourth-order valence-electron chi connectivity index (χ4n) is 3.39. The summed E-state index contributed by atoms with van der Waals surface area (Å²) in [5.41, 5.74) is 6.14. The Morgan fingerprint density at radius 3 is 2.15 bits per heavy atom. The zero-order chi connectivity index (χ0) is 13.8. The average Bonchev–Trinajstić information content (AvgIpc) is 2.66. The number of rotatable bonds is 2. The van der Waals surface area contributed by atoms with Crippen molar-refractivity contribution >= 4 is 5.95 Å². The summed E-state index contributed by atoms with van der Waals surface area (Å²) in [4.78, 5) is 6.89. The molecule has 0 aromatic carbocycles. The molecule has 1 saturated heterocycles. The van der Waals surface area contributed by atoms with Crippen LogP contribution in [0.3, 0.4) is 0 Å². The van der Waals surface area contributed by atoms with E-state index in [9.17, 15) is 0 Å². The van der Waals surface area contributed by atoms with E-state index in [1.807, 2.05) is 0 Å². The van der Waals surface area contributed by atoms with Gasteiger partial charge < -0.3 is 15.2 Å². The minimum absolute atomic E-state index is 0.395. The summed E-state index contributed by atoms with van der Waals surface area (Å²) in [6.45, 7) is 2.08. The van der Waals surface area contributed by atoms with E-state index >= 15 is 0 Å². The molecule has 1 aliphatic carbocycles. The van der Waals surface area contributed by atoms with Crippen molar-refractivity contribution in [3.63, 3.8) is 0 Å². The summed E-state index contributed by atoms with van der Waals surface area (Å²) < 4.78 is 5.53. The first kappa shape index (κ1) is 13.9. The van der Waals surface area contributed by atoms with Gasteiger partial charge >= 0.3 is 0 Å². The molecule has 0 spiro atoms. The first-order valence-electron chi connectivity index (χ1n) is 8.16. The predicted molar refractivity (Wildman–Crippen MR) is 78.5 cm³/mol. The molecule has 20 heavy (non-hydrogen) atoms. The van der Waals surface area contributed by atoms with Gasteiger partial charge in [0.05, 0.1) is 5.54 Å². The average molecular weight is 278 g/mol. The lowest BCUT2D eigenvalue weighted by Gasteiger charge is -2.23. The highest BCUT2D eigenvalue weighted by molar-refractivity contribution is 5.28. The number of hydrogen-bond acceptors (Lipinski definition) is 5. The van der Waals surface area contributed by atoms with Gasteiger partial charge in [0, 0.05) is 13.1 Å². The van der Waals surface area contributed by atoms with Crippen molar-refractivity contribution in [3.8, 4) is 0 Å². The molecule has 0 radical (unpaired) electrons. The molecule has 1 aliphatic heterocycles. The lowest BCUT2D eigenvalue weighted by Crippen LogP contribution is -2.36. The number of hydrogen-bond donors (Lipinski definition) is 1. The summed E-state index contributed by atoms with van der Waals surface area (Å²) in [6.07, 6.45) is 11.9. The zero-order valence-corrected chi connectivity index (χ0v) is 12.3. The van der Waals surface area contributed by atoms with Crippen molar-refractivity contribution in [2.75, 3.05) is 18.0 Å². The van der Waals surface area contributed by atoms with Crippen LogP contribution in [0, 0.1) is 0 Å². The van der Waals surface area contributed by atoms with Gasteiger partial charge in [-0.3, -0.25) is 0 Å². The maximum Gasteiger partial charge on any atom is 0.266 e. The Balaban J connectivity index is 1.74. The number of nitrogens with two attached hydrogens (primary N) is 1. The van der Waals surface area contributed by atoms with Crippen LogP contribution in [0.4, 0.5) is 5.95 Å². The van der Waals surface area contributed by atoms with Crippen LogP contribution in [0.15, 0.2) is 4.52 Å². The molecule has 2 aliphatic rings. The van der Waals surface area contributed by atoms with Crippen LogP contribution in [0.1, 0.15) is 70.1 Å². The Morgan fingerprint density at radius 1 is 0.900 bits per heavy atom. The van der Waals surface area contributed by atoms with E-state index in [1.165, 1.54) is 38.5 Å². The molecule has 2 N–H and O–H groups in total. The van der Waals surface area contributed by atoms with Gasteiger partial charge in [-0.05, 0) is 30.8 Å². The molecule has 2 fully saturated rings. The molecule has 1 saturated carbocycles. The zero-order valence-electron chi connectivity index (χ0n) is 12.3. The van der Waals surface area contributed by atoms with Crippen LogP contribution in [0.2, 0.25) is 0 Å². The molecular formula is C15H26N4O. The maximum atomic E-state index is 6.54. The van der Waals surface area contributed by atoms with Gasteiger partial charge in [-0.25, -0.2) is 0 Å². The molecule has 5 heteroatoms. The Labute approximate surface area is 120 Å². The first-order valence-corrected chi connectivity index (χ1v) is 8.16. The fraction of sp³-hybridized carbons (Fsp3) is 0.867. The van der Waals surface area contributed by atoms with Crippen LogP contribution < -0.4 is 10.6 Å². The van der Waals surface area contributed by atoms with E-state index in [1.54, 1.807) is 0 Å². The van der Waals surface area contributed by atoms with Gasteiger partial charge in [0.1, 0.15) is 0 Å². The number of anilines is 1. The summed E-state index contributed by atoms with van der Waals surface area (Å²) in [6, 6.07) is 0. The van der Waals surface area contributed by atoms with E-state index in [0.29, 0.717) is 5.89 Å². The van der Waals surface area contributed by atoms with Crippen LogP contribution in [0.5, 0.6) is 0 Å². The van der Waals surface area contributed by atoms with Crippen molar-refractivity contribution in [3.05, 3.63) is 5.89 Å². The molecule has 3 rings (SSSR count). The van der Waals surface area contributed by atoms with Crippen molar-refractivity contribution in [1.29, 1.82) is 0 Å². The fourth-order valence-corrected chi connectivity index (χ4v) is 3.39. The lowest BCUT2D eigenvalue weighted by atomic mass is 9.91. The Morgan fingerprint density at radius 2 is 1.50 bits per heavy atom. The van der Waals surface area contributed by atoms with Gasteiger partial charge in [-0.2, -0.15) is 4.98 Å². The van der Waals surface area contributed by atoms with Gasteiger partial charge in [0.25, 0.3) is 5.95 Å². The highest BCUT2D eigenvalue weighted by Crippen LogP contribution is 2.33. The predicted octanol–water partition coefficient (Wildman–Crippen LogP) is 2.96. The quantitative estimate of drug-likeness (QED) is 0.842. The first-order chi connectivity index (χ1) is 9.78. The number of nitrogens with zero attached hydrogens (tertiary/aromatic N) is 3. The SMILES string of the molecule is NC1(c2nc(N3CCCCCC3)no2)CCCCCC1. The smallest absolute Gasteiger partial charge is 0.266 e. The van der Waals surface area contributed by atoms with Crippen LogP contribution in [0.25, 0.3) is 0 Å². The summed E-state index contributed by atoms with van der Waals surface area (Å²) in [5.74, 6) is 1.40. The van der Waals surface area contributed by atoms with Gasteiger partial charge in [0.15, 0.2) is 0 Å². The Hall–Kier alpha value is -1.10. The van der Waals surface area contributed by atoms with E-state index in [2.05, 4.69) is 15.0 Å². The molecule has 0 amide bonds. The second kappa shape index (κ2) is 6.12. The minimum atomic E-state index is -0.395.